The van der Waals surface area contributed by atoms with Crippen molar-refractivity contribution >= 4 is 37.1 Å². The number of aryl methyl sites for hydroxylation is 1. The lowest BCUT2D eigenvalue weighted by Crippen LogP contribution is -2.51. The second-order valence-electron chi connectivity index (χ2n) is 8.42. The minimum atomic E-state index is 0.0267. The Hall–Kier alpha value is -2.14. The van der Waals surface area contributed by atoms with Crippen molar-refractivity contribution in [2.75, 3.05) is 26.2 Å². The molecule has 2 aromatic rings. The van der Waals surface area contributed by atoms with Gasteiger partial charge in [0.25, 0.3) is 5.91 Å². The van der Waals surface area contributed by atoms with Crippen LogP contribution < -0.4 is 0 Å². The molecule has 2 unspecified atom stereocenters. The number of carbonyl (C=O) groups excluding carboxylic acids is 1. The Balaban J connectivity index is 1.39. The third kappa shape index (κ3) is 3.82. The quantitative estimate of drug-likeness (QED) is 0.658. The van der Waals surface area contributed by atoms with Crippen molar-refractivity contribution in [2.45, 2.75) is 32.6 Å². The van der Waals surface area contributed by atoms with Gasteiger partial charge < -0.3 is 14.2 Å². The molecule has 31 heavy (non-hydrogen) atoms. The zero-order chi connectivity index (χ0) is 21.7. The van der Waals surface area contributed by atoms with Crippen LogP contribution in [0.4, 0.5) is 0 Å². The summed E-state index contributed by atoms with van der Waals surface area (Å²) in [6.07, 6.45) is 12.1. The number of imidazole rings is 1. The van der Waals surface area contributed by atoms with E-state index in [1.165, 1.54) is 0 Å². The van der Waals surface area contributed by atoms with Gasteiger partial charge in [-0.2, -0.15) is 0 Å². The molecule has 0 aromatic carbocycles. The van der Waals surface area contributed by atoms with Crippen molar-refractivity contribution in [1.29, 1.82) is 0 Å². The number of fused-ring (bicyclic) bond motifs is 2. The third-order valence-electron chi connectivity index (χ3n) is 6.32. The number of halogens is 1. The Kier molecular flexibility index (Phi) is 5.41. The summed E-state index contributed by atoms with van der Waals surface area (Å²) in [7, 11) is 0.465. The SMILES string of the molecule is CCN1CCN(C2=CN3C(=O)C=C(c4cc(Cl)c5nc(C)cn5c4)PC3C=C2)C[C@H]1C. The number of amides is 1. The largest absolute Gasteiger partial charge is 0.368 e. The van der Waals surface area contributed by atoms with Crippen molar-refractivity contribution in [3.05, 3.63) is 64.9 Å². The maximum absolute atomic E-state index is 13.1. The minimum Gasteiger partial charge on any atom is -0.368 e. The molecule has 0 spiro atoms. The number of carbonyl (C=O) groups is 1. The van der Waals surface area contributed by atoms with Gasteiger partial charge in [0.05, 0.1) is 22.2 Å². The van der Waals surface area contributed by atoms with E-state index in [0.717, 1.165) is 54.1 Å². The lowest BCUT2D eigenvalue weighted by Gasteiger charge is -2.43. The van der Waals surface area contributed by atoms with Gasteiger partial charge in [-0.25, -0.2) is 4.98 Å². The highest BCUT2D eigenvalue weighted by atomic mass is 35.5. The molecule has 3 aliphatic heterocycles. The normalized spacial score (nSPS) is 25.2. The van der Waals surface area contributed by atoms with E-state index in [2.05, 4.69) is 40.8 Å². The number of hydrogen-bond donors (Lipinski definition) is 0. The number of allylic oxidation sites excluding steroid dienone is 1. The summed E-state index contributed by atoms with van der Waals surface area (Å²) >= 11 is 6.47. The summed E-state index contributed by atoms with van der Waals surface area (Å²) in [5.41, 5.74) is 3.78. The van der Waals surface area contributed by atoms with Gasteiger partial charge in [-0.1, -0.05) is 33.2 Å². The molecule has 0 bridgehead atoms. The number of rotatable bonds is 3. The first-order valence-electron chi connectivity index (χ1n) is 10.8. The van der Waals surface area contributed by atoms with Gasteiger partial charge in [0.15, 0.2) is 5.65 Å². The first kappa shape index (κ1) is 20.7. The maximum atomic E-state index is 13.1. The van der Waals surface area contributed by atoms with Gasteiger partial charge in [0, 0.05) is 55.9 Å². The molecule has 0 saturated carbocycles. The zero-order valence-corrected chi connectivity index (χ0v) is 19.8. The highest BCUT2D eigenvalue weighted by Crippen LogP contribution is 2.45. The fourth-order valence-electron chi connectivity index (χ4n) is 4.65. The number of aromatic nitrogens is 2. The molecule has 3 aliphatic rings. The minimum absolute atomic E-state index is 0.0267. The first-order chi connectivity index (χ1) is 14.9. The van der Waals surface area contributed by atoms with Crippen LogP contribution >= 0.6 is 20.2 Å². The molecular weight excluding hydrogens is 429 g/mol. The standard InChI is InChI=1S/C23H27ClN5OP/c1-4-26-7-8-27(12-16(26)3)18-5-6-22-29(14-18)21(30)10-20(31-22)17-9-19(24)23-25-15(2)11-28(23)13-17/h5-6,9-11,13-14,16,22,31H,4,7-8,12H2,1-3H3/t16-,22?/m1/s1. The van der Waals surface area contributed by atoms with Gasteiger partial charge in [0.2, 0.25) is 0 Å². The van der Waals surface area contributed by atoms with Gasteiger partial charge in [-0.15, -0.1) is 0 Å². The van der Waals surface area contributed by atoms with E-state index in [4.69, 9.17) is 11.6 Å². The van der Waals surface area contributed by atoms with E-state index in [1.54, 1.807) is 6.08 Å². The number of nitrogens with zero attached hydrogens (tertiary/aromatic N) is 5. The van der Waals surface area contributed by atoms with E-state index < -0.39 is 0 Å². The van der Waals surface area contributed by atoms with Crippen LogP contribution in [0.1, 0.15) is 25.1 Å². The average molecular weight is 456 g/mol. The summed E-state index contributed by atoms with van der Waals surface area (Å²) in [6.45, 7) is 10.6. The number of likely N-dealkylation sites (N-methyl/N-ethyl adjacent to an activating group) is 1. The molecule has 1 amide bonds. The molecule has 2 aromatic heterocycles. The Morgan fingerprint density at radius 1 is 1.29 bits per heavy atom. The second-order valence-corrected chi connectivity index (χ2v) is 10.2. The molecule has 6 nitrogen and oxygen atoms in total. The molecule has 3 atom stereocenters. The van der Waals surface area contributed by atoms with Crippen LogP contribution in [0.25, 0.3) is 11.0 Å². The predicted molar refractivity (Wildman–Crippen MR) is 127 cm³/mol. The fourth-order valence-corrected chi connectivity index (χ4v) is 6.27. The molecular formula is C23H27ClN5OP. The monoisotopic (exact) mass is 455 g/mol. The Morgan fingerprint density at radius 2 is 2.13 bits per heavy atom. The average Bonchev–Trinajstić information content (AvgIpc) is 3.14. The van der Waals surface area contributed by atoms with Crippen molar-refractivity contribution in [2.24, 2.45) is 0 Å². The Morgan fingerprint density at radius 3 is 2.90 bits per heavy atom. The lowest BCUT2D eigenvalue weighted by atomic mass is 10.1. The Bertz CT molecular complexity index is 1140. The first-order valence-corrected chi connectivity index (χ1v) is 12.2. The van der Waals surface area contributed by atoms with Crippen LogP contribution in [0.5, 0.6) is 0 Å². The molecule has 8 heteroatoms. The molecule has 0 aliphatic carbocycles. The van der Waals surface area contributed by atoms with Crippen molar-refractivity contribution in [3.8, 4) is 0 Å². The number of piperazine rings is 1. The highest BCUT2D eigenvalue weighted by Gasteiger charge is 2.31. The van der Waals surface area contributed by atoms with Gasteiger partial charge >= 0.3 is 0 Å². The molecule has 0 radical (unpaired) electrons. The van der Waals surface area contributed by atoms with Crippen molar-refractivity contribution in [1.82, 2.24) is 24.1 Å². The van der Waals surface area contributed by atoms with E-state index in [1.807, 2.05) is 40.9 Å². The summed E-state index contributed by atoms with van der Waals surface area (Å²) < 4.78 is 1.95. The van der Waals surface area contributed by atoms with E-state index in [-0.39, 0.29) is 11.7 Å². The highest BCUT2D eigenvalue weighted by molar-refractivity contribution is 7.51. The van der Waals surface area contributed by atoms with Crippen LogP contribution in [-0.2, 0) is 4.79 Å². The molecule has 1 saturated heterocycles. The summed E-state index contributed by atoms with van der Waals surface area (Å²) in [5.74, 6) is 0.0865. The number of hydrogen-bond acceptors (Lipinski definition) is 4. The Labute approximate surface area is 189 Å². The molecule has 0 N–H and O–H groups in total. The van der Waals surface area contributed by atoms with Crippen LogP contribution in [0.3, 0.4) is 0 Å². The van der Waals surface area contributed by atoms with E-state index >= 15 is 0 Å². The van der Waals surface area contributed by atoms with Gasteiger partial charge in [-0.05, 0) is 37.8 Å². The molecule has 5 rings (SSSR count). The van der Waals surface area contributed by atoms with Crippen LogP contribution in [-0.4, -0.2) is 68.0 Å². The molecule has 5 heterocycles. The van der Waals surface area contributed by atoms with Crippen LogP contribution in [0.15, 0.2) is 48.6 Å². The lowest BCUT2D eigenvalue weighted by molar-refractivity contribution is -0.123. The maximum Gasteiger partial charge on any atom is 0.252 e. The summed E-state index contributed by atoms with van der Waals surface area (Å²) in [6, 6.07) is 2.44. The van der Waals surface area contributed by atoms with E-state index in [9.17, 15) is 4.79 Å². The summed E-state index contributed by atoms with van der Waals surface area (Å²) in [5, 5.41) is 1.64. The van der Waals surface area contributed by atoms with Crippen LogP contribution in [0, 0.1) is 6.92 Å². The number of pyridine rings is 1. The van der Waals surface area contributed by atoms with Crippen molar-refractivity contribution in [3.63, 3.8) is 0 Å². The van der Waals surface area contributed by atoms with Gasteiger partial charge in [0.1, 0.15) is 0 Å². The smallest absolute Gasteiger partial charge is 0.252 e. The van der Waals surface area contributed by atoms with Gasteiger partial charge in [-0.3, -0.25) is 9.69 Å². The third-order valence-corrected chi connectivity index (χ3v) is 8.11. The molecule has 1 fully saturated rings. The molecule has 162 valence electrons. The van der Waals surface area contributed by atoms with Crippen molar-refractivity contribution < 1.29 is 4.79 Å². The van der Waals surface area contributed by atoms with Crippen LogP contribution in [0.2, 0.25) is 5.02 Å². The predicted octanol–water partition coefficient (Wildman–Crippen LogP) is 3.92. The second kappa shape index (κ2) is 8.09. The van der Waals surface area contributed by atoms with E-state index in [0.29, 0.717) is 19.6 Å². The fraction of sp³-hybridized carbons (Fsp3) is 0.391. The topological polar surface area (TPSA) is 44.1 Å². The zero-order valence-electron chi connectivity index (χ0n) is 18.0. The summed E-state index contributed by atoms with van der Waals surface area (Å²) in [4.78, 5) is 24.3.